The van der Waals surface area contributed by atoms with Crippen LogP contribution in [-0.2, 0) is 13.0 Å². The molecule has 1 aromatic heterocycles. The van der Waals surface area contributed by atoms with Gasteiger partial charge in [-0.3, -0.25) is 0 Å². The lowest BCUT2D eigenvalue weighted by Gasteiger charge is -2.23. The predicted octanol–water partition coefficient (Wildman–Crippen LogP) is 3.78. The lowest BCUT2D eigenvalue weighted by atomic mass is 10.0. The number of imidazole rings is 1. The Morgan fingerprint density at radius 2 is 2.00 bits per heavy atom. The number of hydrogen-bond acceptors (Lipinski definition) is 3. The zero-order valence-corrected chi connectivity index (χ0v) is 16.4. The summed E-state index contributed by atoms with van der Waals surface area (Å²) >= 11 is 7.47. The van der Waals surface area contributed by atoms with E-state index in [4.69, 9.17) is 10.7 Å². The van der Waals surface area contributed by atoms with Crippen LogP contribution in [-0.4, -0.2) is 28.7 Å². The Morgan fingerprint density at radius 1 is 1.23 bits per heavy atom. The second kappa shape index (κ2) is 5.96. The van der Waals surface area contributed by atoms with Gasteiger partial charge in [-0.1, -0.05) is 0 Å². The highest BCUT2D eigenvalue weighted by Crippen LogP contribution is 2.41. The van der Waals surface area contributed by atoms with Crippen LogP contribution in [0.5, 0.6) is 0 Å². The lowest BCUT2D eigenvalue weighted by Crippen LogP contribution is -2.28. The molecule has 22 heavy (non-hydrogen) atoms. The third kappa shape index (κ3) is 2.30. The quantitative estimate of drug-likeness (QED) is 0.719. The van der Waals surface area contributed by atoms with Crippen molar-refractivity contribution < 1.29 is 0 Å². The van der Waals surface area contributed by atoms with Crippen LogP contribution < -0.4 is 10.6 Å². The second-order valence-electron chi connectivity index (χ2n) is 6.09. The van der Waals surface area contributed by atoms with E-state index >= 15 is 0 Å². The highest BCUT2D eigenvalue weighted by atomic mass is 79.9. The van der Waals surface area contributed by atoms with Gasteiger partial charge >= 0.3 is 0 Å². The van der Waals surface area contributed by atoms with Crippen LogP contribution in [0.3, 0.4) is 0 Å². The molecule has 0 radical (unpaired) electrons. The van der Waals surface area contributed by atoms with Crippen molar-refractivity contribution >= 4 is 61.2 Å². The number of benzene rings is 1. The monoisotopic (exact) mass is 448 g/mol. The van der Waals surface area contributed by atoms with Crippen LogP contribution in [0, 0.1) is 6.92 Å². The third-order valence-electron chi connectivity index (χ3n) is 4.69. The van der Waals surface area contributed by atoms with Crippen LogP contribution in [0.15, 0.2) is 8.95 Å². The van der Waals surface area contributed by atoms with Crippen LogP contribution >= 0.6 is 44.3 Å². The molecule has 4 nitrogen and oxygen atoms in total. The average Bonchev–Trinajstić information content (AvgIpc) is 3.07. The maximum absolute atomic E-state index is 6.08. The Hall–Kier alpha value is -0.300. The number of aromatic nitrogens is 2. The summed E-state index contributed by atoms with van der Waals surface area (Å²) in [5.41, 5.74) is 11.1. The molecule has 0 unspecified atom stereocenters. The molecule has 2 aliphatic heterocycles. The third-order valence-corrected chi connectivity index (χ3v) is 7.09. The summed E-state index contributed by atoms with van der Waals surface area (Å²) in [7, 11) is 0. The van der Waals surface area contributed by atoms with E-state index in [0.717, 1.165) is 48.4 Å². The minimum absolute atomic E-state index is 0. The van der Waals surface area contributed by atoms with Crippen LogP contribution in [0.2, 0.25) is 0 Å². The molecule has 1 fully saturated rings. The molecule has 2 aliphatic rings. The summed E-state index contributed by atoms with van der Waals surface area (Å²) in [6.45, 7) is 5.12. The summed E-state index contributed by atoms with van der Waals surface area (Å²) < 4.78 is 4.73. The summed E-state index contributed by atoms with van der Waals surface area (Å²) in [4.78, 5) is 7.33. The number of rotatable bonds is 1. The van der Waals surface area contributed by atoms with Gasteiger partial charge in [0.1, 0.15) is 0 Å². The van der Waals surface area contributed by atoms with Crippen molar-refractivity contribution in [3.63, 3.8) is 0 Å². The molecule has 2 N–H and O–H groups in total. The van der Waals surface area contributed by atoms with E-state index in [1.165, 1.54) is 27.5 Å². The number of halogens is 3. The normalized spacial score (nSPS) is 20.5. The van der Waals surface area contributed by atoms with Crippen molar-refractivity contribution in [3.8, 4) is 0 Å². The summed E-state index contributed by atoms with van der Waals surface area (Å²) in [5.74, 6) is 1.10. The van der Waals surface area contributed by atoms with Crippen molar-refractivity contribution in [1.29, 1.82) is 0 Å². The Balaban J connectivity index is 0.00000144. The zero-order chi connectivity index (χ0) is 14.7. The Bertz CT molecular complexity index is 743. The fourth-order valence-electron chi connectivity index (χ4n) is 3.58. The molecule has 0 saturated carbocycles. The number of aryl methyl sites for hydroxylation is 3. The average molecular weight is 451 g/mol. The fourth-order valence-corrected chi connectivity index (χ4v) is 4.69. The topological polar surface area (TPSA) is 47.1 Å². The largest absolute Gasteiger partial charge is 0.341 e. The molecule has 1 saturated heterocycles. The molecule has 1 atom stereocenters. The molecule has 120 valence electrons. The van der Waals surface area contributed by atoms with Gasteiger partial charge in [0, 0.05) is 34.6 Å². The van der Waals surface area contributed by atoms with Crippen LogP contribution in [0.1, 0.15) is 24.0 Å². The molecular weight excluding hydrogens is 431 g/mol. The first-order chi connectivity index (χ1) is 10.1. The minimum Gasteiger partial charge on any atom is -0.341 e. The van der Waals surface area contributed by atoms with E-state index in [-0.39, 0.29) is 18.4 Å². The Morgan fingerprint density at radius 3 is 2.68 bits per heavy atom. The van der Waals surface area contributed by atoms with Crippen molar-refractivity contribution in [2.45, 2.75) is 38.8 Å². The summed E-state index contributed by atoms with van der Waals surface area (Å²) in [6, 6.07) is 0.278. The van der Waals surface area contributed by atoms with E-state index in [1.54, 1.807) is 0 Å². The van der Waals surface area contributed by atoms with Gasteiger partial charge < -0.3 is 15.2 Å². The van der Waals surface area contributed by atoms with Gasteiger partial charge in [0.25, 0.3) is 0 Å². The maximum atomic E-state index is 6.08. The number of nitrogens with zero attached hydrogens (tertiary/aromatic N) is 3. The molecular formula is C15H19Br2ClN4. The lowest BCUT2D eigenvalue weighted by molar-refractivity contribution is 0.622. The minimum atomic E-state index is 0. The molecule has 3 heterocycles. The van der Waals surface area contributed by atoms with Gasteiger partial charge in [0.15, 0.2) is 0 Å². The van der Waals surface area contributed by atoms with Crippen molar-refractivity contribution in [2.75, 3.05) is 18.0 Å². The standard InChI is InChI=1S/C15H18Br2N4.ClH/c1-8-11(16)12(17)10-3-2-5-21-14(10)13(8)19-15(21)20-6-4-9(18)7-20;/h9H,2-7,18H2,1H3;1H/t9-;/m1./s1. The summed E-state index contributed by atoms with van der Waals surface area (Å²) in [6.07, 6.45) is 3.34. The number of nitrogens with two attached hydrogens (primary N) is 1. The van der Waals surface area contributed by atoms with Gasteiger partial charge in [-0.15, -0.1) is 12.4 Å². The van der Waals surface area contributed by atoms with Gasteiger partial charge in [-0.05, 0) is 69.2 Å². The van der Waals surface area contributed by atoms with E-state index in [0.29, 0.717) is 0 Å². The summed E-state index contributed by atoms with van der Waals surface area (Å²) in [5, 5.41) is 0. The van der Waals surface area contributed by atoms with Crippen molar-refractivity contribution in [3.05, 3.63) is 20.1 Å². The molecule has 4 rings (SSSR count). The first kappa shape index (κ1) is 16.6. The van der Waals surface area contributed by atoms with Gasteiger partial charge in [0.2, 0.25) is 5.95 Å². The predicted molar refractivity (Wildman–Crippen MR) is 100 cm³/mol. The van der Waals surface area contributed by atoms with Crippen molar-refractivity contribution in [2.24, 2.45) is 5.73 Å². The smallest absolute Gasteiger partial charge is 0.206 e. The highest BCUT2D eigenvalue weighted by Gasteiger charge is 2.29. The fraction of sp³-hybridized carbons (Fsp3) is 0.533. The first-order valence-corrected chi connectivity index (χ1v) is 9.03. The van der Waals surface area contributed by atoms with E-state index in [1.807, 2.05) is 0 Å². The van der Waals surface area contributed by atoms with Crippen LogP contribution in [0.4, 0.5) is 5.95 Å². The zero-order valence-electron chi connectivity index (χ0n) is 12.4. The van der Waals surface area contributed by atoms with Gasteiger partial charge in [-0.2, -0.15) is 0 Å². The van der Waals surface area contributed by atoms with E-state index in [2.05, 4.69) is 48.3 Å². The second-order valence-corrected chi connectivity index (χ2v) is 7.68. The van der Waals surface area contributed by atoms with Gasteiger partial charge in [-0.25, -0.2) is 4.98 Å². The molecule has 0 bridgehead atoms. The molecule has 1 aromatic carbocycles. The first-order valence-electron chi connectivity index (χ1n) is 7.45. The maximum Gasteiger partial charge on any atom is 0.206 e. The molecule has 2 aromatic rings. The SMILES string of the molecule is Cc1c(Br)c(Br)c2c3c1nc(N1CC[C@@H](N)C1)n3CCC2.Cl. The molecule has 0 spiro atoms. The molecule has 0 aliphatic carbocycles. The van der Waals surface area contributed by atoms with Crippen molar-refractivity contribution in [1.82, 2.24) is 9.55 Å². The van der Waals surface area contributed by atoms with E-state index in [9.17, 15) is 0 Å². The number of anilines is 1. The number of hydrogen-bond donors (Lipinski definition) is 1. The van der Waals surface area contributed by atoms with E-state index < -0.39 is 0 Å². The Kier molecular flexibility index (Phi) is 4.49. The Labute approximate surface area is 153 Å². The molecule has 0 amide bonds. The molecule has 7 heteroatoms. The highest BCUT2D eigenvalue weighted by molar-refractivity contribution is 9.13. The van der Waals surface area contributed by atoms with Gasteiger partial charge in [0.05, 0.1) is 11.0 Å². The van der Waals surface area contributed by atoms with Crippen LogP contribution in [0.25, 0.3) is 11.0 Å².